The maximum atomic E-state index is 8.44. The van der Waals surface area contributed by atoms with E-state index in [-0.39, 0.29) is 26.1 Å². The van der Waals surface area contributed by atoms with Crippen LogP contribution in [-0.4, -0.2) is 131 Å². The number of unbranched alkanes of at least 4 members (excludes halogenated alkanes) is 4. The number of imidazole rings is 8. The summed E-state index contributed by atoms with van der Waals surface area (Å²) >= 11 is 20.5. The fourth-order valence-corrected chi connectivity index (χ4v) is 9.05. The second-order valence-electron chi connectivity index (χ2n) is 20.5. The molecule has 0 aliphatic heterocycles. The van der Waals surface area contributed by atoms with Gasteiger partial charge in [0.2, 0.25) is 23.8 Å². The van der Waals surface area contributed by atoms with Crippen LogP contribution in [0.3, 0.4) is 0 Å². The van der Waals surface area contributed by atoms with Gasteiger partial charge in [0.15, 0.2) is 32.4 Å². The molecule has 17 N–H and O–H groups in total. The number of nitrogens with two attached hydrogens (primary N) is 3. The number of nitrogens with zero attached hydrogens (tertiary/aromatic N) is 12. The van der Waals surface area contributed by atoms with Crippen molar-refractivity contribution in [3.63, 3.8) is 0 Å². The number of hydrogen-bond acceptors (Lipinski definition) is 16. The number of para-hydroxylation sites is 10. The van der Waals surface area contributed by atoms with Crippen LogP contribution in [0.2, 0.25) is 0 Å². The van der Waals surface area contributed by atoms with E-state index in [0.717, 1.165) is 120 Å². The van der Waals surface area contributed by atoms with Crippen LogP contribution in [0.15, 0.2) is 182 Å². The zero-order chi connectivity index (χ0) is 69.4. The number of H-pyrrole nitrogens is 5. The van der Waals surface area contributed by atoms with Gasteiger partial charge in [-0.2, -0.15) is 0 Å². The predicted octanol–water partition coefficient (Wildman–Crippen LogP) is 11.9. The van der Waals surface area contributed by atoms with E-state index in [1.807, 2.05) is 121 Å². The van der Waals surface area contributed by atoms with Gasteiger partial charge < -0.3 is 68.7 Å². The summed E-state index contributed by atoms with van der Waals surface area (Å²) in [7, 11) is 0. The fourth-order valence-electron chi connectivity index (χ4n) is 8.23. The van der Waals surface area contributed by atoms with Crippen molar-refractivity contribution in [1.82, 2.24) is 89.1 Å². The van der Waals surface area contributed by atoms with Gasteiger partial charge in [0.05, 0.1) is 55.2 Å². The Morgan fingerprint density at radius 2 is 0.804 bits per heavy atom. The molecule has 0 bridgehead atoms. The molecule has 13 rings (SSSR count). The molecule has 504 valence electrons. The molecule has 0 saturated carbocycles. The first-order valence-electron chi connectivity index (χ1n) is 31.3. The average molecular weight is 1570 g/mol. The summed E-state index contributed by atoms with van der Waals surface area (Å²) in [5, 5.41) is 20.7. The van der Waals surface area contributed by atoms with Gasteiger partial charge >= 0.3 is 28.8 Å². The number of nitrogen functional groups attached to an aromatic ring is 1. The number of aromatic amines is 5. The molecular weight excluding hydrogens is 1490 g/mol. The molecule has 32 heteroatoms. The Bertz CT molecular complexity index is 4110. The topological polar surface area (TPSA) is 377 Å². The Morgan fingerprint density at radius 3 is 1.13 bits per heavy atom. The SMILES string of the molecule is CCCCN.CCCCN=C(N)Nc1nc2ccccc2[nH]1.CCCCNC(=S)Nc1nc2ccccc2[nH]1.CCCCNC(=S)Nc1nc2ccccc2[nH]1.Nc1nc2ccccc2[nH]1.S=C(Nc1nc2ccccc2[nH]1)n1ccnc1.S=C(n1ccnc1)n1ccnc1.[O]=[Hg]. The third-order valence-electron chi connectivity index (χ3n) is 13.1. The number of aliphatic imine (C=N–C) groups is 1. The molecule has 0 fully saturated rings. The van der Waals surface area contributed by atoms with Crippen LogP contribution in [-0.2, 0) is 28.8 Å². The molecule has 0 atom stereocenters. The molecule has 0 radical (unpaired) electrons. The molecule has 97 heavy (non-hydrogen) atoms. The van der Waals surface area contributed by atoms with Crippen molar-refractivity contribution < 1.29 is 28.8 Å². The van der Waals surface area contributed by atoms with Gasteiger partial charge in [0, 0.05) is 56.8 Å². The van der Waals surface area contributed by atoms with E-state index in [2.05, 4.69) is 129 Å². The number of nitrogens with one attached hydrogen (secondary N) is 11. The first-order valence-corrected chi connectivity index (χ1v) is 35.2. The number of rotatable bonds is 15. The number of anilines is 5. The summed E-state index contributed by atoms with van der Waals surface area (Å²) in [4.78, 5) is 53.0. The van der Waals surface area contributed by atoms with Crippen LogP contribution < -0.4 is 49.1 Å². The van der Waals surface area contributed by atoms with E-state index < -0.39 is 0 Å². The van der Waals surface area contributed by atoms with Crippen LogP contribution >= 0.6 is 48.9 Å². The van der Waals surface area contributed by atoms with E-state index >= 15 is 0 Å². The Kier molecular flexibility index (Phi) is 34.0. The summed E-state index contributed by atoms with van der Waals surface area (Å²) in [6.07, 6.45) is 24.4. The van der Waals surface area contributed by atoms with Crippen molar-refractivity contribution in [1.29, 1.82) is 0 Å². The summed E-state index contributed by atoms with van der Waals surface area (Å²) in [6.45, 7) is 11.9. The molecule has 0 aliphatic carbocycles. The molecule has 0 aliphatic rings. The Morgan fingerprint density at radius 1 is 0.464 bits per heavy atom. The van der Waals surface area contributed by atoms with Crippen LogP contribution in [0, 0.1) is 0 Å². The summed E-state index contributed by atoms with van der Waals surface area (Å²) < 4.78 is 13.6. The normalized spacial score (nSPS) is 10.4. The molecule has 8 heterocycles. The zero-order valence-corrected chi connectivity index (χ0v) is 63.3. The van der Waals surface area contributed by atoms with Gasteiger partial charge in [0.1, 0.15) is 19.0 Å². The molecule has 5 aromatic carbocycles. The molecule has 0 amide bonds. The van der Waals surface area contributed by atoms with E-state index in [9.17, 15) is 0 Å². The molecule has 0 saturated heterocycles. The van der Waals surface area contributed by atoms with Crippen LogP contribution in [0.4, 0.5) is 29.7 Å². The van der Waals surface area contributed by atoms with Crippen LogP contribution in [0.25, 0.3) is 55.2 Å². The van der Waals surface area contributed by atoms with Crippen molar-refractivity contribution >= 4 is 160 Å². The van der Waals surface area contributed by atoms with Crippen LogP contribution in [0.5, 0.6) is 0 Å². The number of fused-ring (bicyclic) bond motifs is 5. The van der Waals surface area contributed by atoms with Crippen molar-refractivity contribution in [2.24, 2.45) is 16.5 Å². The molecular formula is C65H82HgN26OS4. The van der Waals surface area contributed by atoms with E-state index in [1.54, 1.807) is 69.9 Å². The Balaban J connectivity index is 0.000000182. The summed E-state index contributed by atoms with van der Waals surface area (Å²) in [5.41, 5.74) is 25.9. The van der Waals surface area contributed by atoms with E-state index in [4.69, 9.17) is 68.7 Å². The second kappa shape index (κ2) is 43.3. The summed E-state index contributed by atoms with van der Waals surface area (Å²) in [6, 6.07) is 39.2. The number of thiocarbonyl (C=S) groups is 4. The van der Waals surface area contributed by atoms with Crippen LogP contribution in [0.1, 0.15) is 79.1 Å². The molecule has 27 nitrogen and oxygen atoms in total. The minimum atomic E-state index is -0.222. The third-order valence-corrected chi connectivity index (χ3v) is 14.3. The second-order valence-corrected chi connectivity index (χ2v) is 22.1. The van der Waals surface area contributed by atoms with Gasteiger partial charge in [-0.1, -0.05) is 114 Å². The van der Waals surface area contributed by atoms with Gasteiger partial charge in [-0.25, -0.2) is 39.9 Å². The van der Waals surface area contributed by atoms with Gasteiger partial charge in [-0.15, -0.1) is 0 Å². The molecule has 13 aromatic rings. The molecule has 0 spiro atoms. The third kappa shape index (κ3) is 26.7. The monoisotopic (exact) mass is 1570 g/mol. The molecule has 0 unspecified atom stereocenters. The standard InChI is InChI=1S/C12H17N5.2C12H16N4S.C11H9N5S.C7H6N4S.C7H7N3.C4H11N.Hg.O/c1-2-3-8-14-11(13)17-12-15-9-6-4-5-7-10(9)16-12;2*1-2-3-8-13-12(17)16-11-14-9-6-4-5-7-10(9)15-11;17-11(16-6-5-12-7-16)15-10-13-8-3-1-2-4-9(8)14-10;12-7(10-3-1-8-5-10)11-4-2-9-6-11;8-7-9-5-3-1-2-4-6(5)10-7;1-2-3-4-5;;/h4-7H,2-3,8H2,1H3,(H4,13,14,15,16,17);2*4-7H,2-3,8H2,1H3,(H3,13,14,15,16,17);1-7H,(H2,13,14,15,17);1-6H;1-4H,(H3,8,9,10);2-5H2,1H3;;. The van der Waals surface area contributed by atoms with Gasteiger partial charge in [-0.05, 0) is 142 Å². The van der Waals surface area contributed by atoms with Gasteiger partial charge in [0.25, 0.3) is 0 Å². The van der Waals surface area contributed by atoms with Crippen molar-refractivity contribution in [2.45, 2.75) is 79.1 Å². The van der Waals surface area contributed by atoms with E-state index in [1.165, 1.54) is 12.8 Å². The Labute approximate surface area is 599 Å². The Hall–Kier alpha value is -9.79. The maximum absolute atomic E-state index is 8.44. The number of aromatic nitrogens is 16. The average Bonchev–Trinajstić information content (AvgIpc) is 1.94. The van der Waals surface area contributed by atoms with E-state index in [0.29, 0.717) is 56.2 Å². The van der Waals surface area contributed by atoms with Crippen molar-refractivity contribution in [2.75, 3.05) is 53.2 Å². The number of benzene rings is 5. The summed E-state index contributed by atoms with van der Waals surface area (Å²) in [5.74, 6) is 3.49. The van der Waals surface area contributed by atoms with Crippen molar-refractivity contribution in [3.8, 4) is 0 Å². The number of guanidine groups is 1. The first-order chi connectivity index (χ1) is 47.4. The fraction of sp³-hybridized carbons (Fsp3) is 0.246. The number of hydrogen-bond donors (Lipinski definition) is 14. The van der Waals surface area contributed by atoms with Crippen molar-refractivity contribution in [3.05, 3.63) is 177 Å². The van der Waals surface area contributed by atoms with Gasteiger partial charge in [-0.3, -0.25) is 24.0 Å². The molecule has 8 aromatic heterocycles. The predicted molar refractivity (Wildman–Crippen MR) is 405 cm³/mol. The quantitative estimate of drug-likeness (QED) is 0.0149. The minimum absolute atomic E-state index is 0.222. The first kappa shape index (κ1) is 76.2. The zero-order valence-electron chi connectivity index (χ0n) is 54.6.